The second kappa shape index (κ2) is 7.69. The number of ether oxygens (including phenoxy) is 3. The van der Waals surface area contributed by atoms with Crippen LogP contribution in [-0.4, -0.2) is 26.7 Å². The second-order valence-corrected chi connectivity index (χ2v) is 4.95. The van der Waals surface area contributed by atoms with E-state index in [1.165, 1.54) is 26.4 Å². The molecule has 0 aliphatic rings. The molecule has 1 N–H and O–H groups in total. The highest BCUT2D eigenvalue weighted by Crippen LogP contribution is 2.27. The number of hydrogen-bond acceptors (Lipinski definition) is 4. The largest absolute Gasteiger partial charge is 0.496 e. The van der Waals surface area contributed by atoms with E-state index in [1.807, 2.05) is 0 Å². The molecule has 122 valence electrons. The first kappa shape index (κ1) is 16.9. The van der Waals surface area contributed by atoms with Gasteiger partial charge in [0.1, 0.15) is 23.1 Å². The molecule has 0 spiro atoms. The molecular weight excluding hydrogens is 325 g/mol. The van der Waals surface area contributed by atoms with Crippen LogP contribution in [-0.2, 0) is 4.79 Å². The molecule has 2 rings (SSSR count). The Kier molecular flexibility index (Phi) is 5.65. The summed E-state index contributed by atoms with van der Waals surface area (Å²) in [6.07, 6.45) is 0. The predicted molar refractivity (Wildman–Crippen MR) is 85.1 cm³/mol. The van der Waals surface area contributed by atoms with Crippen LogP contribution >= 0.6 is 11.6 Å². The SMILES string of the molecule is COc1cc(OC)cc(OCC(=O)Nc2ccc(Cl)cc2F)c1. The van der Waals surface area contributed by atoms with Crippen molar-refractivity contribution in [2.45, 2.75) is 0 Å². The Morgan fingerprint density at radius 3 is 2.26 bits per heavy atom. The van der Waals surface area contributed by atoms with Gasteiger partial charge < -0.3 is 19.5 Å². The van der Waals surface area contributed by atoms with Crippen LogP contribution in [0.3, 0.4) is 0 Å². The maximum atomic E-state index is 13.6. The number of anilines is 1. The number of methoxy groups -OCH3 is 2. The summed E-state index contributed by atoms with van der Waals surface area (Å²) in [7, 11) is 3.02. The Labute approximate surface area is 137 Å². The molecule has 0 atom stereocenters. The Morgan fingerprint density at radius 1 is 1.09 bits per heavy atom. The van der Waals surface area contributed by atoms with Crippen LogP contribution in [0.15, 0.2) is 36.4 Å². The zero-order valence-corrected chi connectivity index (χ0v) is 13.3. The molecule has 0 fully saturated rings. The topological polar surface area (TPSA) is 56.8 Å². The number of amides is 1. The first-order valence-corrected chi connectivity index (χ1v) is 7.00. The Hall–Kier alpha value is -2.47. The van der Waals surface area contributed by atoms with Crippen LogP contribution in [0.5, 0.6) is 17.2 Å². The van der Waals surface area contributed by atoms with E-state index >= 15 is 0 Å². The van der Waals surface area contributed by atoms with E-state index in [4.69, 9.17) is 25.8 Å². The van der Waals surface area contributed by atoms with Gasteiger partial charge in [-0.3, -0.25) is 4.79 Å². The third-order valence-corrected chi connectivity index (χ3v) is 3.14. The lowest BCUT2D eigenvalue weighted by atomic mass is 10.3. The molecule has 2 aromatic rings. The van der Waals surface area contributed by atoms with Crippen molar-refractivity contribution < 1.29 is 23.4 Å². The van der Waals surface area contributed by atoms with Crippen LogP contribution in [0.1, 0.15) is 0 Å². The molecule has 0 saturated carbocycles. The smallest absolute Gasteiger partial charge is 0.262 e. The summed E-state index contributed by atoms with van der Waals surface area (Å²) in [6.45, 7) is -0.293. The zero-order chi connectivity index (χ0) is 16.8. The summed E-state index contributed by atoms with van der Waals surface area (Å²) in [4.78, 5) is 11.8. The van der Waals surface area contributed by atoms with Gasteiger partial charge in [0.25, 0.3) is 5.91 Å². The van der Waals surface area contributed by atoms with Crippen molar-refractivity contribution in [2.75, 3.05) is 26.1 Å². The van der Waals surface area contributed by atoms with Crippen molar-refractivity contribution in [1.82, 2.24) is 0 Å². The van der Waals surface area contributed by atoms with Crippen molar-refractivity contribution >= 4 is 23.2 Å². The second-order valence-electron chi connectivity index (χ2n) is 4.51. The molecular formula is C16H15ClFNO4. The summed E-state index contributed by atoms with van der Waals surface area (Å²) in [5.41, 5.74) is 0.0335. The van der Waals surface area contributed by atoms with E-state index in [0.717, 1.165) is 6.07 Å². The number of nitrogens with one attached hydrogen (secondary N) is 1. The lowest BCUT2D eigenvalue weighted by molar-refractivity contribution is -0.118. The van der Waals surface area contributed by atoms with Crippen molar-refractivity contribution in [3.8, 4) is 17.2 Å². The standard InChI is InChI=1S/C16H15ClFNO4/c1-21-11-6-12(22-2)8-13(7-11)23-9-16(20)19-15-4-3-10(17)5-14(15)18/h3-8H,9H2,1-2H3,(H,19,20). The van der Waals surface area contributed by atoms with E-state index in [9.17, 15) is 9.18 Å². The van der Waals surface area contributed by atoms with Crippen molar-refractivity contribution in [3.05, 3.63) is 47.2 Å². The van der Waals surface area contributed by atoms with E-state index in [2.05, 4.69) is 5.32 Å². The van der Waals surface area contributed by atoms with Crippen molar-refractivity contribution in [1.29, 1.82) is 0 Å². The lowest BCUT2D eigenvalue weighted by Crippen LogP contribution is -2.20. The van der Waals surface area contributed by atoms with Crippen LogP contribution in [0.25, 0.3) is 0 Å². The van der Waals surface area contributed by atoms with E-state index < -0.39 is 11.7 Å². The predicted octanol–water partition coefficient (Wildman–Crippen LogP) is 3.51. The Bertz CT molecular complexity index is 686. The monoisotopic (exact) mass is 339 g/mol. The van der Waals surface area contributed by atoms with Gasteiger partial charge in [0.2, 0.25) is 0 Å². The molecule has 0 aromatic heterocycles. The first-order valence-electron chi connectivity index (χ1n) is 6.62. The summed E-state index contributed by atoms with van der Waals surface area (Å²) in [5.74, 6) is 0.335. The van der Waals surface area contributed by atoms with Gasteiger partial charge in [0.05, 0.1) is 19.9 Å². The molecule has 1 amide bonds. The van der Waals surface area contributed by atoms with Gasteiger partial charge in [-0.15, -0.1) is 0 Å². The number of carbonyl (C=O) groups excluding carboxylic acids is 1. The van der Waals surface area contributed by atoms with Crippen LogP contribution in [0.4, 0.5) is 10.1 Å². The highest BCUT2D eigenvalue weighted by molar-refractivity contribution is 6.30. The van der Waals surface area contributed by atoms with Crippen LogP contribution < -0.4 is 19.5 Å². The highest BCUT2D eigenvalue weighted by atomic mass is 35.5. The van der Waals surface area contributed by atoms with Crippen molar-refractivity contribution in [2.24, 2.45) is 0 Å². The molecule has 2 aromatic carbocycles. The Balaban J connectivity index is 1.99. The van der Waals surface area contributed by atoms with Gasteiger partial charge in [-0.05, 0) is 18.2 Å². The third kappa shape index (κ3) is 4.75. The number of rotatable bonds is 6. The number of hydrogen-bond donors (Lipinski definition) is 1. The van der Waals surface area contributed by atoms with Gasteiger partial charge in [-0.2, -0.15) is 0 Å². The minimum absolute atomic E-state index is 0.0335. The molecule has 7 heteroatoms. The van der Waals surface area contributed by atoms with Gasteiger partial charge in [-0.25, -0.2) is 4.39 Å². The summed E-state index contributed by atoms with van der Waals surface area (Å²) >= 11 is 5.65. The molecule has 0 aliphatic carbocycles. The summed E-state index contributed by atoms with van der Waals surface area (Å²) in [5, 5.41) is 2.65. The molecule has 23 heavy (non-hydrogen) atoms. The number of halogens is 2. The minimum atomic E-state index is -0.617. The van der Waals surface area contributed by atoms with Crippen LogP contribution in [0, 0.1) is 5.82 Å². The van der Waals surface area contributed by atoms with Gasteiger partial charge in [0, 0.05) is 23.2 Å². The lowest BCUT2D eigenvalue weighted by Gasteiger charge is -2.11. The fourth-order valence-electron chi connectivity index (χ4n) is 1.79. The average Bonchev–Trinajstić information content (AvgIpc) is 2.55. The maximum absolute atomic E-state index is 13.6. The quantitative estimate of drug-likeness (QED) is 0.875. The Morgan fingerprint density at radius 2 is 1.70 bits per heavy atom. The fraction of sp³-hybridized carbons (Fsp3) is 0.188. The molecule has 0 radical (unpaired) electrons. The molecule has 0 unspecified atom stereocenters. The maximum Gasteiger partial charge on any atom is 0.262 e. The van der Waals surface area contributed by atoms with E-state index in [-0.39, 0.29) is 17.3 Å². The molecule has 0 heterocycles. The van der Waals surface area contributed by atoms with Gasteiger partial charge in [-0.1, -0.05) is 11.6 Å². The first-order chi connectivity index (χ1) is 11.0. The fourth-order valence-corrected chi connectivity index (χ4v) is 1.95. The van der Waals surface area contributed by atoms with Crippen LogP contribution in [0.2, 0.25) is 5.02 Å². The molecule has 0 bridgehead atoms. The average molecular weight is 340 g/mol. The molecule has 0 aliphatic heterocycles. The summed E-state index contributed by atoms with van der Waals surface area (Å²) < 4.78 is 29.2. The zero-order valence-electron chi connectivity index (χ0n) is 12.6. The molecule has 5 nitrogen and oxygen atoms in total. The summed E-state index contributed by atoms with van der Waals surface area (Å²) in [6, 6.07) is 8.87. The molecule has 0 saturated heterocycles. The third-order valence-electron chi connectivity index (χ3n) is 2.90. The van der Waals surface area contributed by atoms with Gasteiger partial charge in [0.15, 0.2) is 6.61 Å². The van der Waals surface area contributed by atoms with Crippen molar-refractivity contribution in [3.63, 3.8) is 0 Å². The van der Waals surface area contributed by atoms with Gasteiger partial charge >= 0.3 is 0 Å². The normalized spacial score (nSPS) is 10.1. The van der Waals surface area contributed by atoms with E-state index in [0.29, 0.717) is 17.2 Å². The van der Waals surface area contributed by atoms with E-state index in [1.54, 1.807) is 18.2 Å². The minimum Gasteiger partial charge on any atom is -0.496 e. The highest BCUT2D eigenvalue weighted by Gasteiger charge is 2.09. The number of benzene rings is 2. The number of carbonyl (C=O) groups is 1.